The molecule has 0 spiro atoms. The molecule has 9 nitrogen and oxygen atoms in total. The predicted octanol–water partition coefficient (Wildman–Crippen LogP) is 3.48. The van der Waals surface area contributed by atoms with Crippen LogP contribution >= 0.6 is 0 Å². The van der Waals surface area contributed by atoms with E-state index in [4.69, 9.17) is 4.74 Å². The number of benzene rings is 3. The summed E-state index contributed by atoms with van der Waals surface area (Å²) >= 11 is 0. The molecule has 0 unspecified atom stereocenters. The van der Waals surface area contributed by atoms with E-state index in [0.29, 0.717) is 0 Å². The lowest BCUT2D eigenvalue weighted by molar-refractivity contribution is -0.143. The van der Waals surface area contributed by atoms with Crippen LogP contribution in [0.2, 0.25) is 0 Å². The summed E-state index contributed by atoms with van der Waals surface area (Å²) in [6.45, 7) is 3.40. The number of carboxylic acid groups (broad SMARTS) is 1. The highest BCUT2D eigenvalue weighted by Gasteiger charge is 2.31. The monoisotopic (exact) mass is 545 g/mol. The smallest absolute Gasteiger partial charge is 0.408 e. The number of alkyl carbamates (subject to hydrolysis) is 1. The number of aliphatic carboxylic acids is 1. The molecule has 0 heterocycles. The van der Waals surface area contributed by atoms with Crippen LogP contribution in [-0.4, -0.2) is 47.1 Å². The van der Waals surface area contributed by atoms with Gasteiger partial charge in [-0.2, -0.15) is 0 Å². The quantitative estimate of drug-likeness (QED) is 0.260. The minimum absolute atomic E-state index is 0.0250. The minimum atomic E-state index is -1.17. The topological polar surface area (TPSA) is 134 Å². The van der Waals surface area contributed by atoms with E-state index in [0.717, 1.165) is 16.7 Å². The van der Waals surface area contributed by atoms with Crippen molar-refractivity contribution in [3.8, 4) is 0 Å². The second-order valence-electron chi connectivity index (χ2n) is 9.77. The molecule has 0 aromatic heterocycles. The summed E-state index contributed by atoms with van der Waals surface area (Å²) in [6.07, 6.45) is -0.509. The average molecular weight is 546 g/mol. The van der Waals surface area contributed by atoms with Crippen molar-refractivity contribution in [2.45, 2.75) is 51.4 Å². The second-order valence-corrected chi connectivity index (χ2v) is 9.77. The summed E-state index contributed by atoms with van der Waals surface area (Å²) in [6, 6.07) is 24.1. The fraction of sp³-hybridized carbons (Fsp3) is 0.290. The van der Waals surface area contributed by atoms with Gasteiger partial charge in [0, 0.05) is 12.8 Å². The number of nitrogens with one attached hydrogen (secondary N) is 3. The Kier molecular flexibility index (Phi) is 11.3. The van der Waals surface area contributed by atoms with Crippen molar-refractivity contribution in [2.75, 3.05) is 0 Å². The van der Waals surface area contributed by atoms with Crippen LogP contribution in [0.1, 0.15) is 30.5 Å². The highest BCUT2D eigenvalue weighted by Crippen LogP contribution is 2.09. The maximum atomic E-state index is 13.5. The van der Waals surface area contributed by atoms with Gasteiger partial charge in [-0.1, -0.05) is 105 Å². The van der Waals surface area contributed by atoms with Gasteiger partial charge in [-0.05, 0) is 22.6 Å². The van der Waals surface area contributed by atoms with Crippen LogP contribution in [0.5, 0.6) is 0 Å². The minimum Gasteiger partial charge on any atom is -0.480 e. The Labute approximate surface area is 233 Å². The van der Waals surface area contributed by atoms with Crippen LogP contribution in [0, 0.1) is 5.92 Å². The predicted molar refractivity (Wildman–Crippen MR) is 150 cm³/mol. The molecule has 0 aliphatic carbocycles. The molecule has 0 aliphatic rings. The molecule has 0 saturated carbocycles. The average Bonchev–Trinajstić information content (AvgIpc) is 2.95. The number of hydrogen-bond acceptors (Lipinski definition) is 5. The second kappa shape index (κ2) is 15.1. The van der Waals surface area contributed by atoms with E-state index in [2.05, 4.69) is 16.0 Å². The van der Waals surface area contributed by atoms with E-state index in [-0.39, 0.29) is 25.4 Å². The molecular formula is C31H35N3O6. The van der Waals surface area contributed by atoms with Crippen molar-refractivity contribution in [1.82, 2.24) is 16.0 Å². The highest BCUT2D eigenvalue weighted by molar-refractivity contribution is 5.93. The van der Waals surface area contributed by atoms with Crippen LogP contribution in [-0.2, 0) is 38.6 Å². The van der Waals surface area contributed by atoms with Crippen LogP contribution in [0.3, 0.4) is 0 Å². The zero-order valence-corrected chi connectivity index (χ0v) is 22.6. The van der Waals surface area contributed by atoms with Crippen LogP contribution in [0.4, 0.5) is 4.79 Å². The van der Waals surface area contributed by atoms with E-state index >= 15 is 0 Å². The van der Waals surface area contributed by atoms with Gasteiger partial charge in [0.25, 0.3) is 0 Å². The first-order chi connectivity index (χ1) is 19.2. The molecule has 0 saturated heterocycles. The maximum absolute atomic E-state index is 13.5. The summed E-state index contributed by atoms with van der Waals surface area (Å²) in [5, 5.41) is 17.5. The molecule has 3 amide bonds. The Hall–Kier alpha value is -4.66. The number of amides is 3. The fourth-order valence-corrected chi connectivity index (χ4v) is 4.06. The number of carbonyl (C=O) groups excluding carboxylic acids is 3. The molecule has 0 bridgehead atoms. The molecular weight excluding hydrogens is 510 g/mol. The molecule has 4 N–H and O–H groups in total. The Morgan fingerprint density at radius 3 is 1.52 bits per heavy atom. The van der Waals surface area contributed by atoms with Crippen molar-refractivity contribution < 1.29 is 29.0 Å². The van der Waals surface area contributed by atoms with E-state index in [1.807, 2.05) is 91.0 Å². The number of ether oxygens (including phenoxy) is 1. The lowest BCUT2D eigenvalue weighted by Gasteiger charge is -2.25. The molecule has 0 fully saturated rings. The summed E-state index contributed by atoms with van der Waals surface area (Å²) in [5.41, 5.74) is 2.36. The van der Waals surface area contributed by atoms with Crippen molar-refractivity contribution >= 4 is 23.9 Å². The summed E-state index contributed by atoms with van der Waals surface area (Å²) in [4.78, 5) is 51.2. The van der Waals surface area contributed by atoms with Crippen molar-refractivity contribution in [3.05, 3.63) is 108 Å². The van der Waals surface area contributed by atoms with E-state index < -0.39 is 42.0 Å². The number of carboxylic acids is 1. The first-order valence-corrected chi connectivity index (χ1v) is 13.1. The Bertz CT molecular complexity index is 1250. The van der Waals surface area contributed by atoms with Crippen LogP contribution in [0.15, 0.2) is 91.0 Å². The third-order valence-electron chi connectivity index (χ3n) is 6.25. The SMILES string of the molecule is CC(C)[C@@H](NC(=O)[C@@H](Cc1ccccc1)NC(=O)[C@@H](Cc1ccccc1)NC(=O)OCc1ccccc1)C(=O)O. The van der Waals surface area contributed by atoms with E-state index in [1.54, 1.807) is 13.8 Å². The van der Waals surface area contributed by atoms with Gasteiger partial charge in [-0.25, -0.2) is 9.59 Å². The molecule has 3 aromatic rings. The first-order valence-electron chi connectivity index (χ1n) is 13.1. The van der Waals surface area contributed by atoms with Gasteiger partial charge >= 0.3 is 12.1 Å². The normalized spacial score (nSPS) is 13.0. The number of rotatable bonds is 13. The maximum Gasteiger partial charge on any atom is 0.408 e. The Morgan fingerprint density at radius 2 is 1.07 bits per heavy atom. The molecule has 3 atom stereocenters. The molecule has 0 radical (unpaired) electrons. The number of carbonyl (C=O) groups is 4. The van der Waals surface area contributed by atoms with Crippen molar-refractivity contribution in [1.29, 1.82) is 0 Å². The van der Waals surface area contributed by atoms with Crippen LogP contribution in [0.25, 0.3) is 0 Å². The molecule has 0 aliphatic heterocycles. The van der Waals surface area contributed by atoms with Crippen molar-refractivity contribution in [3.63, 3.8) is 0 Å². The Morgan fingerprint density at radius 1 is 0.650 bits per heavy atom. The summed E-state index contributed by atoms with van der Waals surface area (Å²) < 4.78 is 5.33. The standard InChI is InChI=1S/C31H35N3O6/c1-21(2)27(30(37)38)34-29(36)25(18-22-12-6-3-7-13-22)32-28(35)26(19-23-14-8-4-9-15-23)33-31(39)40-20-24-16-10-5-11-17-24/h3-17,21,25-27H,18-20H2,1-2H3,(H,32,35)(H,33,39)(H,34,36)(H,37,38)/t25-,26-,27-/m1/s1. The Balaban J connectivity index is 1.78. The lowest BCUT2D eigenvalue weighted by atomic mass is 10.0. The van der Waals surface area contributed by atoms with Gasteiger partial charge in [-0.15, -0.1) is 0 Å². The first kappa shape index (κ1) is 29.9. The fourth-order valence-electron chi connectivity index (χ4n) is 4.06. The van der Waals surface area contributed by atoms with Crippen molar-refractivity contribution in [2.24, 2.45) is 5.92 Å². The van der Waals surface area contributed by atoms with Gasteiger partial charge < -0.3 is 25.8 Å². The van der Waals surface area contributed by atoms with Gasteiger partial charge in [0.05, 0.1) is 0 Å². The van der Waals surface area contributed by atoms with Gasteiger partial charge in [0.1, 0.15) is 24.7 Å². The summed E-state index contributed by atoms with van der Waals surface area (Å²) in [5.74, 6) is -2.78. The molecule has 3 rings (SSSR count). The molecule has 40 heavy (non-hydrogen) atoms. The lowest BCUT2D eigenvalue weighted by Crippen LogP contribution is -2.57. The van der Waals surface area contributed by atoms with Crippen LogP contribution < -0.4 is 16.0 Å². The zero-order valence-electron chi connectivity index (χ0n) is 22.6. The van der Waals surface area contributed by atoms with Gasteiger partial charge in [0.2, 0.25) is 11.8 Å². The summed E-state index contributed by atoms with van der Waals surface area (Å²) in [7, 11) is 0. The zero-order chi connectivity index (χ0) is 28.9. The van der Waals surface area contributed by atoms with E-state index in [9.17, 15) is 24.3 Å². The molecule has 9 heteroatoms. The highest BCUT2D eigenvalue weighted by atomic mass is 16.5. The third-order valence-corrected chi connectivity index (χ3v) is 6.25. The van der Waals surface area contributed by atoms with Gasteiger partial charge in [0.15, 0.2) is 0 Å². The molecule has 3 aromatic carbocycles. The number of hydrogen-bond donors (Lipinski definition) is 4. The largest absolute Gasteiger partial charge is 0.480 e. The molecule has 210 valence electrons. The van der Waals surface area contributed by atoms with E-state index in [1.165, 1.54) is 0 Å². The third kappa shape index (κ3) is 9.58. The van der Waals surface area contributed by atoms with Gasteiger partial charge in [-0.3, -0.25) is 9.59 Å².